The minimum Gasteiger partial charge on any atom is -0.453 e. The third kappa shape index (κ3) is 5.03. The number of anilines is 2. The molecule has 0 unspecified atom stereocenters. The van der Waals surface area contributed by atoms with Crippen molar-refractivity contribution in [1.82, 2.24) is 4.98 Å². The van der Waals surface area contributed by atoms with Gasteiger partial charge in [-0.05, 0) is 66.9 Å². The minimum atomic E-state index is -0.514. The molecule has 3 aromatic rings. The number of hydrogen-bond acceptors (Lipinski definition) is 4. The first-order valence-corrected chi connectivity index (χ1v) is 9.89. The van der Waals surface area contributed by atoms with E-state index in [0.717, 1.165) is 24.5 Å². The van der Waals surface area contributed by atoms with Gasteiger partial charge in [-0.25, -0.2) is 4.39 Å². The average molecular weight is 403 g/mol. The summed E-state index contributed by atoms with van der Waals surface area (Å²) < 4.78 is 19.8. The van der Waals surface area contributed by atoms with Crippen molar-refractivity contribution in [1.29, 1.82) is 0 Å². The molecule has 30 heavy (non-hydrogen) atoms. The van der Waals surface area contributed by atoms with E-state index in [-0.39, 0.29) is 11.7 Å². The van der Waals surface area contributed by atoms with Gasteiger partial charge in [0.05, 0.1) is 6.20 Å². The molecule has 2 heterocycles. The highest BCUT2D eigenvalue weighted by Gasteiger charge is 2.12. The van der Waals surface area contributed by atoms with E-state index in [1.807, 2.05) is 18.2 Å². The maximum absolute atomic E-state index is 14.3. The van der Waals surface area contributed by atoms with Crippen molar-refractivity contribution in [2.45, 2.75) is 12.8 Å². The Morgan fingerprint density at radius 1 is 1.10 bits per heavy atom. The molecule has 1 fully saturated rings. The Balaban J connectivity index is 1.38. The van der Waals surface area contributed by atoms with E-state index in [2.05, 4.69) is 21.3 Å². The second-order valence-electron chi connectivity index (χ2n) is 7.05. The molecule has 0 spiro atoms. The van der Waals surface area contributed by atoms with E-state index in [1.165, 1.54) is 37.2 Å². The first kappa shape index (κ1) is 19.6. The zero-order valence-corrected chi connectivity index (χ0v) is 16.4. The van der Waals surface area contributed by atoms with Crippen molar-refractivity contribution < 1.29 is 13.9 Å². The number of carbonyl (C=O) groups is 1. The molecule has 0 aliphatic carbocycles. The minimum absolute atomic E-state index is 0.100. The van der Waals surface area contributed by atoms with Gasteiger partial charge in [-0.1, -0.05) is 12.1 Å². The number of pyridine rings is 1. The van der Waals surface area contributed by atoms with Crippen molar-refractivity contribution >= 4 is 23.4 Å². The summed E-state index contributed by atoms with van der Waals surface area (Å²) in [7, 11) is 0. The molecule has 4 rings (SSSR count). The van der Waals surface area contributed by atoms with Gasteiger partial charge in [0, 0.05) is 36.7 Å². The normalized spacial score (nSPS) is 13.6. The number of rotatable bonds is 6. The standard InChI is InChI=1S/C24H22FN3O2/c25-22-15-18(8-10-23(22)30-21-7-4-12-26-17-21)9-11-24(29)27-19-5-3-6-20(16-19)28-13-1-2-14-28/h3-12,15-17H,1-2,13-14H2,(H,27,29)/b11-9+. The second kappa shape index (κ2) is 9.22. The van der Waals surface area contributed by atoms with Crippen molar-refractivity contribution in [3.05, 3.63) is 84.4 Å². The quantitative estimate of drug-likeness (QED) is 0.570. The SMILES string of the molecule is O=C(/C=C/c1ccc(Oc2cccnc2)c(F)c1)Nc1cccc(N2CCCC2)c1. The van der Waals surface area contributed by atoms with Crippen LogP contribution >= 0.6 is 0 Å². The fraction of sp³-hybridized carbons (Fsp3) is 0.167. The fourth-order valence-corrected chi connectivity index (χ4v) is 3.35. The Hall–Kier alpha value is -3.67. The number of amides is 1. The van der Waals surface area contributed by atoms with E-state index in [4.69, 9.17) is 4.74 Å². The van der Waals surface area contributed by atoms with Crippen LogP contribution < -0.4 is 15.0 Å². The van der Waals surface area contributed by atoms with Crippen LogP contribution in [0, 0.1) is 5.82 Å². The smallest absolute Gasteiger partial charge is 0.248 e. The van der Waals surface area contributed by atoms with E-state index in [9.17, 15) is 9.18 Å². The Morgan fingerprint density at radius 3 is 2.73 bits per heavy atom. The van der Waals surface area contributed by atoms with Crippen molar-refractivity contribution in [2.75, 3.05) is 23.3 Å². The third-order valence-electron chi connectivity index (χ3n) is 4.83. The zero-order chi connectivity index (χ0) is 20.8. The summed E-state index contributed by atoms with van der Waals surface area (Å²) >= 11 is 0. The lowest BCUT2D eigenvalue weighted by Gasteiger charge is -2.18. The highest BCUT2D eigenvalue weighted by molar-refractivity contribution is 6.02. The molecule has 0 bridgehead atoms. The van der Waals surface area contributed by atoms with Gasteiger partial charge < -0.3 is 15.0 Å². The zero-order valence-electron chi connectivity index (χ0n) is 16.4. The van der Waals surface area contributed by atoms with Gasteiger partial charge in [0.2, 0.25) is 5.91 Å². The summed E-state index contributed by atoms with van der Waals surface area (Å²) in [6, 6.07) is 15.8. The predicted molar refractivity (Wildman–Crippen MR) is 116 cm³/mol. The number of hydrogen-bond donors (Lipinski definition) is 1. The highest BCUT2D eigenvalue weighted by atomic mass is 19.1. The summed E-state index contributed by atoms with van der Waals surface area (Å²) in [5, 5.41) is 2.86. The molecule has 0 saturated carbocycles. The number of aromatic nitrogens is 1. The van der Waals surface area contributed by atoms with Crippen molar-refractivity contribution in [3.63, 3.8) is 0 Å². The van der Waals surface area contributed by atoms with Crippen LogP contribution in [0.3, 0.4) is 0 Å². The molecule has 1 aromatic heterocycles. The van der Waals surface area contributed by atoms with Gasteiger partial charge in [0.25, 0.3) is 0 Å². The summed E-state index contributed by atoms with van der Waals surface area (Å²) in [5.41, 5.74) is 2.41. The second-order valence-corrected chi connectivity index (χ2v) is 7.05. The van der Waals surface area contributed by atoms with E-state index < -0.39 is 5.82 Å². The van der Waals surface area contributed by atoms with Crippen LogP contribution in [0.25, 0.3) is 6.08 Å². The first-order valence-electron chi connectivity index (χ1n) is 9.89. The predicted octanol–water partition coefficient (Wildman–Crippen LogP) is 5.27. The molecule has 0 atom stereocenters. The van der Waals surface area contributed by atoms with Crippen LogP contribution in [0.4, 0.5) is 15.8 Å². The number of halogens is 1. The number of benzene rings is 2. The number of ether oxygens (including phenoxy) is 1. The van der Waals surface area contributed by atoms with Crippen LogP contribution in [-0.4, -0.2) is 24.0 Å². The Kier molecular flexibility index (Phi) is 6.03. The lowest BCUT2D eigenvalue weighted by Crippen LogP contribution is -2.17. The Labute approximate surface area is 174 Å². The Morgan fingerprint density at radius 2 is 1.97 bits per heavy atom. The van der Waals surface area contributed by atoms with Gasteiger partial charge >= 0.3 is 0 Å². The monoisotopic (exact) mass is 403 g/mol. The highest BCUT2D eigenvalue weighted by Crippen LogP contribution is 2.25. The van der Waals surface area contributed by atoms with Crippen molar-refractivity contribution in [3.8, 4) is 11.5 Å². The molecule has 5 nitrogen and oxygen atoms in total. The fourth-order valence-electron chi connectivity index (χ4n) is 3.35. The van der Waals surface area contributed by atoms with E-state index >= 15 is 0 Å². The lowest BCUT2D eigenvalue weighted by atomic mass is 10.2. The summed E-state index contributed by atoms with van der Waals surface area (Å²) in [4.78, 5) is 18.5. The summed E-state index contributed by atoms with van der Waals surface area (Å²) in [5.74, 6) is -0.233. The number of carbonyl (C=O) groups excluding carboxylic acids is 1. The molecular formula is C24H22FN3O2. The van der Waals surface area contributed by atoms with E-state index in [0.29, 0.717) is 11.3 Å². The average Bonchev–Trinajstić information content (AvgIpc) is 3.30. The molecule has 1 aliphatic heterocycles. The third-order valence-corrected chi connectivity index (χ3v) is 4.83. The molecule has 0 radical (unpaired) electrons. The van der Waals surface area contributed by atoms with Gasteiger partial charge in [0.1, 0.15) is 5.75 Å². The number of nitrogens with zero attached hydrogens (tertiary/aromatic N) is 2. The lowest BCUT2D eigenvalue weighted by molar-refractivity contribution is -0.111. The first-order chi connectivity index (χ1) is 14.7. The van der Waals surface area contributed by atoms with Crippen LogP contribution in [0.5, 0.6) is 11.5 Å². The maximum Gasteiger partial charge on any atom is 0.248 e. The molecule has 1 N–H and O–H groups in total. The van der Waals surface area contributed by atoms with Gasteiger partial charge in [-0.3, -0.25) is 9.78 Å². The molecule has 2 aromatic carbocycles. The molecule has 1 amide bonds. The van der Waals surface area contributed by atoms with Crippen LogP contribution in [0.2, 0.25) is 0 Å². The molecule has 6 heteroatoms. The van der Waals surface area contributed by atoms with Crippen molar-refractivity contribution in [2.24, 2.45) is 0 Å². The van der Waals surface area contributed by atoms with Crippen LogP contribution in [-0.2, 0) is 4.79 Å². The molecule has 1 saturated heterocycles. The Bertz CT molecular complexity index is 1050. The largest absolute Gasteiger partial charge is 0.453 e. The van der Waals surface area contributed by atoms with Gasteiger partial charge in [-0.2, -0.15) is 0 Å². The van der Waals surface area contributed by atoms with Gasteiger partial charge in [0.15, 0.2) is 11.6 Å². The molecular weight excluding hydrogens is 381 g/mol. The topological polar surface area (TPSA) is 54.5 Å². The van der Waals surface area contributed by atoms with Crippen LogP contribution in [0.15, 0.2) is 73.1 Å². The van der Waals surface area contributed by atoms with Gasteiger partial charge in [-0.15, -0.1) is 0 Å². The molecule has 1 aliphatic rings. The number of nitrogens with one attached hydrogen (secondary N) is 1. The summed E-state index contributed by atoms with van der Waals surface area (Å²) in [6.07, 6.45) is 8.47. The maximum atomic E-state index is 14.3. The van der Waals surface area contributed by atoms with Crippen LogP contribution in [0.1, 0.15) is 18.4 Å². The molecule has 152 valence electrons. The van der Waals surface area contributed by atoms with E-state index in [1.54, 1.807) is 30.5 Å². The summed E-state index contributed by atoms with van der Waals surface area (Å²) in [6.45, 7) is 2.09.